The number of rotatable bonds is 4. The van der Waals surface area contributed by atoms with E-state index in [9.17, 15) is 9.59 Å². The number of aromatic nitrogens is 1. The van der Waals surface area contributed by atoms with E-state index < -0.39 is 5.54 Å². The largest absolute Gasteiger partial charge is 0.351 e. The lowest BCUT2D eigenvalue weighted by molar-refractivity contribution is -0.127. The van der Waals surface area contributed by atoms with Crippen molar-refractivity contribution in [2.24, 2.45) is 0 Å². The number of carbonyl (C=O) groups is 2. The Morgan fingerprint density at radius 1 is 1.16 bits per heavy atom. The summed E-state index contributed by atoms with van der Waals surface area (Å²) in [6, 6.07) is 12.3. The van der Waals surface area contributed by atoms with Gasteiger partial charge in [-0.15, -0.1) is 11.3 Å². The second-order valence-corrected chi connectivity index (χ2v) is 10.7. The highest BCUT2D eigenvalue weighted by Gasteiger charge is 2.49. The summed E-state index contributed by atoms with van der Waals surface area (Å²) in [4.78, 5) is 30.7. The average Bonchev–Trinajstić information content (AvgIpc) is 3.34. The van der Waals surface area contributed by atoms with Gasteiger partial charge in [0.15, 0.2) is 0 Å². The highest BCUT2D eigenvalue weighted by atomic mass is 32.1. The first-order chi connectivity index (χ1) is 15.4. The number of amides is 2. The maximum absolute atomic E-state index is 13.9. The zero-order valence-corrected chi connectivity index (χ0v) is 19.9. The van der Waals surface area contributed by atoms with Crippen LogP contribution >= 0.6 is 11.3 Å². The molecule has 3 aromatic rings. The summed E-state index contributed by atoms with van der Waals surface area (Å²) in [5, 5.41) is 3.30. The molecule has 0 unspecified atom stereocenters. The average molecular weight is 450 g/mol. The standard InChI is InChI=1S/C26H31N3O2S/c1-4-20-14-21-23(32-20)15-22-24(30)29(19-12-10-17(2)11-13-19)26(3,16-28(21)22)25(31)27-18-8-6-5-7-9-18/h10-15,18H,4-9,16H2,1-3H3,(H,27,31)/t26-/m1/s1. The Morgan fingerprint density at radius 3 is 2.56 bits per heavy atom. The van der Waals surface area contributed by atoms with E-state index in [0.717, 1.165) is 53.6 Å². The number of nitrogens with one attached hydrogen (secondary N) is 1. The molecule has 0 bridgehead atoms. The van der Waals surface area contributed by atoms with Crippen LogP contribution in [0, 0.1) is 6.92 Å². The summed E-state index contributed by atoms with van der Waals surface area (Å²) in [6.45, 7) is 6.55. The van der Waals surface area contributed by atoms with Gasteiger partial charge in [0.1, 0.15) is 11.2 Å². The summed E-state index contributed by atoms with van der Waals surface area (Å²) < 4.78 is 3.18. The quantitative estimate of drug-likeness (QED) is 0.576. The molecule has 5 nitrogen and oxygen atoms in total. The van der Waals surface area contributed by atoms with Gasteiger partial charge < -0.3 is 9.88 Å². The lowest BCUT2D eigenvalue weighted by Gasteiger charge is -2.44. The summed E-state index contributed by atoms with van der Waals surface area (Å²) in [5.41, 5.74) is 2.62. The highest BCUT2D eigenvalue weighted by Crippen LogP contribution is 2.38. The second-order valence-electron chi connectivity index (χ2n) is 9.49. The van der Waals surface area contributed by atoms with E-state index in [0.29, 0.717) is 12.2 Å². The van der Waals surface area contributed by atoms with Gasteiger partial charge in [-0.05, 0) is 57.4 Å². The molecular weight excluding hydrogens is 418 g/mol. The van der Waals surface area contributed by atoms with Crippen molar-refractivity contribution in [1.82, 2.24) is 9.88 Å². The lowest BCUT2D eigenvalue weighted by Crippen LogP contribution is -2.65. The molecule has 1 aliphatic heterocycles. The summed E-state index contributed by atoms with van der Waals surface area (Å²) >= 11 is 1.74. The molecule has 1 N–H and O–H groups in total. The molecule has 1 fully saturated rings. The molecule has 2 aromatic heterocycles. The van der Waals surface area contributed by atoms with Gasteiger partial charge in [-0.1, -0.05) is 43.9 Å². The van der Waals surface area contributed by atoms with Crippen molar-refractivity contribution in [3.8, 4) is 0 Å². The minimum absolute atomic E-state index is 0.0585. The van der Waals surface area contributed by atoms with Crippen molar-refractivity contribution >= 4 is 39.1 Å². The molecule has 1 aliphatic carbocycles. The molecule has 32 heavy (non-hydrogen) atoms. The maximum atomic E-state index is 13.9. The van der Waals surface area contributed by atoms with Crippen LogP contribution in [0.5, 0.6) is 0 Å². The first-order valence-corrected chi connectivity index (χ1v) is 12.6. The Balaban J connectivity index is 1.60. The first-order valence-electron chi connectivity index (χ1n) is 11.7. The number of nitrogens with zero attached hydrogens (tertiary/aromatic N) is 2. The van der Waals surface area contributed by atoms with Crippen LogP contribution in [0.15, 0.2) is 36.4 Å². The molecule has 2 amide bonds. The van der Waals surface area contributed by atoms with Gasteiger partial charge in [-0.2, -0.15) is 0 Å². The predicted molar refractivity (Wildman–Crippen MR) is 131 cm³/mol. The molecule has 0 saturated heterocycles. The van der Waals surface area contributed by atoms with Crippen LogP contribution in [0.3, 0.4) is 0 Å². The normalized spacial score (nSPS) is 21.7. The van der Waals surface area contributed by atoms with E-state index in [2.05, 4.69) is 22.9 Å². The number of hydrogen-bond donors (Lipinski definition) is 1. The molecule has 0 spiro atoms. The van der Waals surface area contributed by atoms with Crippen LogP contribution < -0.4 is 10.2 Å². The third kappa shape index (κ3) is 3.45. The van der Waals surface area contributed by atoms with Crippen molar-refractivity contribution in [1.29, 1.82) is 0 Å². The number of aryl methyl sites for hydroxylation is 2. The molecule has 1 aromatic carbocycles. The van der Waals surface area contributed by atoms with E-state index in [4.69, 9.17) is 0 Å². The van der Waals surface area contributed by atoms with Crippen molar-refractivity contribution < 1.29 is 9.59 Å². The van der Waals surface area contributed by atoms with Gasteiger partial charge in [0, 0.05) is 16.6 Å². The number of carbonyl (C=O) groups excluding carboxylic acids is 2. The van der Waals surface area contributed by atoms with Crippen LogP contribution in [0.25, 0.3) is 10.2 Å². The van der Waals surface area contributed by atoms with E-state index in [1.165, 1.54) is 11.3 Å². The molecule has 1 atom stereocenters. The van der Waals surface area contributed by atoms with Gasteiger partial charge in [0.05, 0.1) is 16.8 Å². The van der Waals surface area contributed by atoms with Gasteiger partial charge >= 0.3 is 0 Å². The summed E-state index contributed by atoms with van der Waals surface area (Å²) in [6.07, 6.45) is 6.55. The molecule has 5 rings (SSSR count). The Morgan fingerprint density at radius 2 is 1.88 bits per heavy atom. The van der Waals surface area contributed by atoms with Crippen LogP contribution in [-0.2, 0) is 17.8 Å². The van der Waals surface area contributed by atoms with E-state index in [1.807, 2.05) is 44.2 Å². The number of fused-ring (bicyclic) bond motifs is 3. The molecule has 1 saturated carbocycles. The number of hydrogen-bond acceptors (Lipinski definition) is 3. The van der Waals surface area contributed by atoms with Crippen LogP contribution in [-0.4, -0.2) is 28.0 Å². The fourth-order valence-corrected chi connectivity index (χ4v) is 6.23. The van der Waals surface area contributed by atoms with Crippen molar-refractivity contribution in [3.63, 3.8) is 0 Å². The smallest absolute Gasteiger partial charge is 0.275 e. The molecule has 2 aliphatic rings. The Hall–Kier alpha value is -2.60. The molecule has 168 valence electrons. The third-order valence-electron chi connectivity index (χ3n) is 7.09. The van der Waals surface area contributed by atoms with E-state index in [1.54, 1.807) is 16.2 Å². The topological polar surface area (TPSA) is 54.3 Å². The van der Waals surface area contributed by atoms with Crippen molar-refractivity contribution in [3.05, 3.63) is 52.5 Å². The Labute approximate surface area is 193 Å². The maximum Gasteiger partial charge on any atom is 0.275 e. The first kappa shape index (κ1) is 21.3. The molecule has 3 heterocycles. The van der Waals surface area contributed by atoms with Crippen LogP contribution in [0.1, 0.15) is 66.9 Å². The second kappa shape index (κ2) is 8.07. The SMILES string of the molecule is CCc1cc2c(cc3n2C[C@](C)(C(=O)NC2CCCCC2)N(c2ccc(C)cc2)C3=O)s1. The lowest BCUT2D eigenvalue weighted by atomic mass is 9.91. The van der Waals surface area contributed by atoms with Crippen LogP contribution in [0.4, 0.5) is 5.69 Å². The summed E-state index contributed by atoms with van der Waals surface area (Å²) in [5.74, 6) is -0.167. The minimum atomic E-state index is -1.00. The number of benzene rings is 1. The fourth-order valence-electron chi connectivity index (χ4n) is 5.19. The van der Waals surface area contributed by atoms with Crippen molar-refractivity contribution in [2.75, 3.05) is 4.90 Å². The van der Waals surface area contributed by atoms with Crippen LogP contribution in [0.2, 0.25) is 0 Å². The minimum Gasteiger partial charge on any atom is -0.351 e. The molecular formula is C26H31N3O2S. The predicted octanol–water partition coefficient (Wildman–Crippen LogP) is 5.44. The van der Waals surface area contributed by atoms with Gasteiger partial charge in [0.25, 0.3) is 5.91 Å². The van der Waals surface area contributed by atoms with E-state index >= 15 is 0 Å². The van der Waals surface area contributed by atoms with Gasteiger partial charge in [-0.3, -0.25) is 14.5 Å². The number of thiophene rings is 1. The van der Waals surface area contributed by atoms with Gasteiger partial charge in [0.2, 0.25) is 5.91 Å². The Kier molecular flexibility index (Phi) is 5.36. The third-order valence-corrected chi connectivity index (χ3v) is 8.31. The zero-order valence-electron chi connectivity index (χ0n) is 19.1. The number of anilines is 1. The van der Waals surface area contributed by atoms with E-state index in [-0.39, 0.29) is 17.9 Å². The zero-order chi connectivity index (χ0) is 22.5. The van der Waals surface area contributed by atoms with Crippen molar-refractivity contribution in [2.45, 2.75) is 77.4 Å². The summed E-state index contributed by atoms with van der Waals surface area (Å²) in [7, 11) is 0. The Bertz CT molecular complexity index is 1170. The van der Waals surface area contributed by atoms with Gasteiger partial charge in [-0.25, -0.2) is 0 Å². The monoisotopic (exact) mass is 449 g/mol. The fraction of sp³-hybridized carbons (Fsp3) is 0.462. The molecule has 0 radical (unpaired) electrons. The highest BCUT2D eigenvalue weighted by molar-refractivity contribution is 7.19. The molecule has 6 heteroatoms.